The van der Waals surface area contributed by atoms with Crippen LogP contribution in [0.2, 0.25) is 10.0 Å². The molecule has 12 heteroatoms. The highest BCUT2D eigenvalue weighted by molar-refractivity contribution is 7.89. The van der Waals surface area contributed by atoms with Crippen LogP contribution in [-0.4, -0.2) is 42.7 Å². The van der Waals surface area contributed by atoms with Gasteiger partial charge in [0.2, 0.25) is 10.0 Å². The lowest BCUT2D eigenvalue weighted by atomic mass is 10.2. The van der Waals surface area contributed by atoms with Gasteiger partial charge in [-0.25, -0.2) is 17.9 Å². The van der Waals surface area contributed by atoms with Crippen molar-refractivity contribution in [3.05, 3.63) is 39.5 Å². The zero-order valence-electron chi connectivity index (χ0n) is 15.5. The standard InChI is InChI=1S/C17H18Cl2N4O5S/c1-9-5-15(23(2)21-9)20-16(24)8-28-17(25)11-6-14(13(19)7-12(11)18)29(26,27)22-10-3-4-10/h5-7,10,22H,3-4,8H2,1-2H3,(H,20,24). The second-order valence-corrected chi connectivity index (χ2v) is 9.07. The number of hydrogen-bond acceptors (Lipinski definition) is 6. The van der Waals surface area contributed by atoms with Crippen molar-refractivity contribution in [2.45, 2.75) is 30.7 Å². The number of anilines is 1. The molecule has 0 aliphatic heterocycles. The van der Waals surface area contributed by atoms with Gasteiger partial charge in [-0.05, 0) is 31.9 Å². The van der Waals surface area contributed by atoms with Gasteiger partial charge >= 0.3 is 5.97 Å². The van der Waals surface area contributed by atoms with Gasteiger partial charge in [-0.15, -0.1) is 0 Å². The Hall–Kier alpha value is -2.14. The fourth-order valence-electron chi connectivity index (χ4n) is 2.49. The SMILES string of the molecule is Cc1cc(NC(=O)COC(=O)c2cc(S(=O)(=O)NC3CC3)c(Cl)cc2Cl)n(C)n1. The van der Waals surface area contributed by atoms with Gasteiger partial charge in [0.25, 0.3) is 5.91 Å². The van der Waals surface area contributed by atoms with Crippen LogP contribution in [0.4, 0.5) is 5.82 Å². The number of carbonyl (C=O) groups is 2. The summed E-state index contributed by atoms with van der Waals surface area (Å²) in [7, 11) is -2.26. The van der Waals surface area contributed by atoms with Gasteiger partial charge in [0, 0.05) is 19.2 Å². The molecule has 2 N–H and O–H groups in total. The second kappa shape index (κ2) is 8.31. The summed E-state index contributed by atoms with van der Waals surface area (Å²) in [5.74, 6) is -1.10. The Balaban J connectivity index is 1.70. The van der Waals surface area contributed by atoms with Crippen molar-refractivity contribution in [1.82, 2.24) is 14.5 Å². The predicted molar refractivity (Wildman–Crippen MR) is 107 cm³/mol. The molecule has 0 spiro atoms. The van der Waals surface area contributed by atoms with E-state index >= 15 is 0 Å². The van der Waals surface area contributed by atoms with Gasteiger partial charge < -0.3 is 10.1 Å². The first-order valence-corrected chi connectivity index (χ1v) is 10.8. The highest BCUT2D eigenvalue weighted by Gasteiger charge is 2.30. The van der Waals surface area contributed by atoms with Crippen LogP contribution < -0.4 is 10.0 Å². The predicted octanol–water partition coefficient (Wildman–Crippen LogP) is 2.27. The van der Waals surface area contributed by atoms with Crippen molar-refractivity contribution in [2.75, 3.05) is 11.9 Å². The number of nitrogens with one attached hydrogen (secondary N) is 2. The lowest BCUT2D eigenvalue weighted by Crippen LogP contribution is -2.26. The third kappa shape index (κ3) is 5.27. The molecular formula is C17H18Cl2N4O5S. The Morgan fingerprint density at radius 1 is 1.24 bits per heavy atom. The monoisotopic (exact) mass is 460 g/mol. The van der Waals surface area contributed by atoms with E-state index in [1.165, 1.54) is 4.68 Å². The quantitative estimate of drug-likeness (QED) is 0.611. The molecule has 3 rings (SSSR count). The van der Waals surface area contributed by atoms with Crippen LogP contribution in [0.15, 0.2) is 23.1 Å². The lowest BCUT2D eigenvalue weighted by molar-refractivity contribution is -0.119. The number of carbonyl (C=O) groups excluding carboxylic acids is 2. The van der Waals surface area contributed by atoms with E-state index < -0.39 is 28.5 Å². The Bertz CT molecular complexity index is 1080. The average Bonchev–Trinajstić information content (AvgIpc) is 3.35. The Kier molecular flexibility index (Phi) is 6.18. The summed E-state index contributed by atoms with van der Waals surface area (Å²) in [5.41, 5.74) is 0.498. The van der Waals surface area contributed by atoms with Gasteiger partial charge in [-0.2, -0.15) is 5.10 Å². The van der Waals surface area contributed by atoms with Gasteiger partial charge in [0.1, 0.15) is 10.7 Å². The number of nitrogens with zero attached hydrogens (tertiary/aromatic N) is 2. The van der Waals surface area contributed by atoms with Crippen LogP contribution in [0.25, 0.3) is 0 Å². The van der Waals surface area contributed by atoms with Crippen LogP contribution in [-0.2, 0) is 26.6 Å². The van der Waals surface area contributed by atoms with Crippen molar-refractivity contribution in [3.63, 3.8) is 0 Å². The molecule has 1 amide bonds. The fraction of sp³-hybridized carbons (Fsp3) is 0.353. The first-order valence-electron chi connectivity index (χ1n) is 8.56. The van der Waals surface area contributed by atoms with E-state index in [1.807, 2.05) is 0 Å². The van der Waals surface area contributed by atoms with E-state index in [1.54, 1.807) is 20.0 Å². The molecule has 1 aromatic heterocycles. The van der Waals surface area contributed by atoms with Crippen LogP contribution in [0.3, 0.4) is 0 Å². The summed E-state index contributed by atoms with van der Waals surface area (Å²) in [5, 5.41) is 6.42. The van der Waals surface area contributed by atoms with Gasteiger partial charge in [0.05, 0.1) is 21.3 Å². The van der Waals surface area contributed by atoms with E-state index in [9.17, 15) is 18.0 Å². The van der Waals surface area contributed by atoms with E-state index in [2.05, 4.69) is 15.1 Å². The number of benzene rings is 1. The first-order chi connectivity index (χ1) is 13.6. The zero-order valence-corrected chi connectivity index (χ0v) is 17.9. The van der Waals surface area contributed by atoms with Crippen LogP contribution in [0.5, 0.6) is 0 Å². The van der Waals surface area contributed by atoms with Crippen molar-refractivity contribution in [3.8, 4) is 0 Å². The third-order valence-electron chi connectivity index (χ3n) is 4.03. The molecule has 29 heavy (non-hydrogen) atoms. The molecule has 0 radical (unpaired) electrons. The normalized spacial score (nSPS) is 13.9. The number of aryl methyl sites for hydroxylation is 2. The summed E-state index contributed by atoms with van der Waals surface area (Å²) in [6.45, 7) is 1.17. The minimum Gasteiger partial charge on any atom is -0.452 e. The molecule has 9 nitrogen and oxygen atoms in total. The van der Waals surface area contributed by atoms with E-state index in [-0.39, 0.29) is 26.5 Å². The topological polar surface area (TPSA) is 119 Å². The van der Waals surface area contributed by atoms with E-state index in [0.717, 1.165) is 25.0 Å². The Morgan fingerprint density at radius 2 is 1.93 bits per heavy atom. The molecular weight excluding hydrogens is 443 g/mol. The molecule has 0 saturated heterocycles. The summed E-state index contributed by atoms with van der Waals surface area (Å²) < 4.78 is 33.8. The molecule has 1 fully saturated rings. The largest absolute Gasteiger partial charge is 0.452 e. The highest BCUT2D eigenvalue weighted by atomic mass is 35.5. The Morgan fingerprint density at radius 3 is 2.52 bits per heavy atom. The van der Waals surface area contributed by atoms with Crippen molar-refractivity contribution >= 4 is 50.9 Å². The van der Waals surface area contributed by atoms with Crippen molar-refractivity contribution in [1.29, 1.82) is 0 Å². The number of esters is 1. The number of rotatable bonds is 7. The smallest absolute Gasteiger partial charge is 0.340 e. The van der Waals surface area contributed by atoms with Crippen LogP contribution in [0.1, 0.15) is 28.9 Å². The summed E-state index contributed by atoms with van der Waals surface area (Å²) in [6.07, 6.45) is 1.48. The molecule has 0 atom stereocenters. The van der Waals surface area contributed by atoms with Gasteiger partial charge in [0.15, 0.2) is 6.61 Å². The molecule has 1 saturated carbocycles. The number of ether oxygens (including phenoxy) is 1. The summed E-state index contributed by atoms with van der Waals surface area (Å²) in [4.78, 5) is 24.1. The third-order valence-corrected chi connectivity index (χ3v) is 6.33. The average molecular weight is 461 g/mol. The van der Waals surface area contributed by atoms with Gasteiger partial charge in [-0.3, -0.25) is 9.48 Å². The van der Waals surface area contributed by atoms with E-state index in [4.69, 9.17) is 27.9 Å². The number of halogens is 2. The number of aromatic nitrogens is 2. The maximum absolute atomic E-state index is 12.4. The number of hydrogen-bond donors (Lipinski definition) is 2. The summed E-state index contributed by atoms with van der Waals surface area (Å²) in [6, 6.07) is 3.71. The molecule has 156 valence electrons. The van der Waals surface area contributed by atoms with E-state index in [0.29, 0.717) is 11.5 Å². The maximum Gasteiger partial charge on any atom is 0.340 e. The second-order valence-electron chi connectivity index (χ2n) is 6.58. The van der Waals surface area contributed by atoms with Gasteiger partial charge in [-0.1, -0.05) is 23.2 Å². The van der Waals surface area contributed by atoms with Crippen LogP contribution >= 0.6 is 23.2 Å². The van der Waals surface area contributed by atoms with Crippen molar-refractivity contribution in [2.24, 2.45) is 7.05 Å². The van der Waals surface area contributed by atoms with Crippen molar-refractivity contribution < 1.29 is 22.7 Å². The minimum absolute atomic E-state index is 0.0898. The molecule has 0 bridgehead atoms. The lowest BCUT2D eigenvalue weighted by Gasteiger charge is -2.11. The molecule has 1 aliphatic rings. The summed E-state index contributed by atoms with van der Waals surface area (Å²) >= 11 is 12.0. The van der Waals surface area contributed by atoms with Crippen LogP contribution in [0, 0.1) is 6.92 Å². The molecule has 1 aliphatic carbocycles. The molecule has 1 aromatic carbocycles. The number of amides is 1. The molecule has 1 heterocycles. The highest BCUT2D eigenvalue weighted by Crippen LogP contribution is 2.31. The number of sulfonamides is 1. The first kappa shape index (κ1) is 21.6. The Labute approximate surface area is 177 Å². The fourth-order valence-corrected chi connectivity index (χ4v) is 4.65. The molecule has 2 aromatic rings. The zero-order chi connectivity index (χ0) is 21.3. The minimum atomic E-state index is -3.91. The molecule has 0 unspecified atom stereocenters. The maximum atomic E-state index is 12.4.